The molecule has 1 unspecified atom stereocenters. The van der Waals surface area contributed by atoms with Gasteiger partial charge in [0, 0.05) is 12.0 Å². The normalized spacial score (nSPS) is 47.6. The van der Waals surface area contributed by atoms with Crippen LogP contribution in [0.3, 0.4) is 0 Å². The Labute approximate surface area is 178 Å². The lowest BCUT2D eigenvalue weighted by molar-refractivity contribution is -0.131. The third-order valence-electron chi connectivity index (χ3n) is 10.1. The minimum atomic E-state index is -0.0696. The maximum Gasteiger partial charge on any atom is 0.129 e. The molecule has 0 spiro atoms. The molecule has 0 amide bonds. The lowest BCUT2D eigenvalue weighted by atomic mass is 9.41. The van der Waals surface area contributed by atoms with Crippen molar-refractivity contribution in [2.24, 2.45) is 45.1 Å². The minimum absolute atomic E-state index is 0.0696. The van der Waals surface area contributed by atoms with Gasteiger partial charge in [-0.05, 0) is 100.0 Å². The molecular formula is C25H44N2O2. The van der Waals surface area contributed by atoms with Gasteiger partial charge in [-0.2, -0.15) is 0 Å². The highest BCUT2D eigenvalue weighted by Gasteiger charge is 2.62. The van der Waals surface area contributed by atoms with Gasteiger partial charge in [0.25, 0.3) is 0 Å². The second kappa shape index (κ2) is 7.51. The summed E-state index contributed by atoms with van der Waals surface area (Å²) in [6.07, 6.45) is 9.72. The highest BCUT2D eigenvalue weighted by molar-refractivity contribution is 5.90. The highest BCUT2D eigenvalue weighted by atomic mass is 16.6. The lowest BCUT2D eigenvalue weighted by Gasteiger charge is -2.63. The summed E-state index contributed by atoms with van der Waals surface area (Å²) in [5.41, 5.74) is 1.99. The van der Waals surface area contributed by atoms with Gasteiger partial charge in [-0.3, -0.25) is 0 Å². The molecule has 0 bridgehead atoms. The van der Waals surface area contributed by atoms with Crippen LogP contribution >= 0.6 is 0 Å². The van der Waals surface area contributed by atoms with Gasteiger partial charge in [0.15, 0.2) is 0 Å². The average molecular weight is 405 g/mol. The predicted octanol–water partition coefficient (Wildman–Crippen LogP) is 4.96. The number of fused-ring (bicyclic) bond motifs is 5. The van der Waals surface area contributed by atoms with Crippen LogP contribution in [0.2, 0.25) is 0 Å². The van der Waals surface area contributed by atoms with Crippen molar-refractivity contribution in [3.05, 3.63) is 0 Å². The molecule has 166 valence electrons. The fourth-order valence-corrected chi connectivity index (χ4v) is 8.39. The van der Waals surface area contributed by atoms with Gasteiger partial charge in [0.1, 0.15) is 6.61 Å². The van der Waals surface area contributed by atoms with Gasteiger partial charge >= 0.3 is 0 Å². The van der Waals surface area contributed by atoms with Gasteiger partial charge in [-0.15, -0.1) is 0 Å². The Morgan fingerprint density at radius 1 is 0.966 bits per heavy atom. The molecule has 4 aliphatic rings. The highest BCUT2D eigenvalue weighted by Crippen LogP contribution is 2.68. The van der Waals surface area contributed by atoms with E-state index < -0.39 is 0 Å². The third-order valence-corrected chi connectivity index (χ3v) is 10.1. The maximum atomic E-state index is 10.7. The first-order chi connectivity index (χ1) is 13.6. The van der Waals surface area contributed by atoms with Gasteiger partial charge in [-0.1, -0.05) is 32.9 Å². The Bertz CT molecular complexity index is 645. The van der Waals surface area contributed by atoms with Crippen molar-refractivity contribution in [3.63, 3.8) is 0 Å². The van der Waals surface area contributed by atoms with Crippen molar-refractivity contribution < 1.29 is 9.94 Å². The fourth-order valence-electron chi connectivity index (χ4n) is 8.39. The molecule has 7 atom stereocenters. The summed E-state index contributed by atoms with van der Waals surface area (Å²) in [6.45, 7) is 11.4. The van der Waals surface area contributed by atoms with Crippen LogP contribution in [0.1, 0.15) is 79.1 Å². The Morgan fingerprint density at radius 2 is 1.69 bits per heavy atom. The maximum absolute atomic E-state index is 10.7. The van der Waals surface area contributed by atoms with Crippen LogP contribution in [0.25, 0.3) is 0 Å². The number of likely N-dealkylation sites (N-methyl/N-ethyl adjacent to an activating group) is 1. The van der Waals surface area contributed by atoms with Gasteiger partial charge < -0.3 is 14.8 Å². The van der Waals surface area contributed by atoms with Crippen LogP contribution < -0.4 is 0 Å². The second-order valence-corrected chi connectivity index (χ2v) is 12.0. The van der Waals surface area contributed by atoms with Crippen molar-refractivity contribution >= 4 is 5.71 Å². The Hall–Kier alpha value is -0.610. The summed E-state index contributed by atoms with van der Waals surface area (Å²) in [5, 5.41) is 15.4. The summed E-state index contributed by atoms with van der Waals surface area (Å²) >= 11 is 0. The van der Waals surface area contributed by atoms with Gasteiger partial charge in [-0.25, -0.2) is 0 Å². The zero-order valence-corrected chi connectivity index (χ0v) is 19.7. The summed E-state index contributed by atoms with van der Waals surface area (Å²) in [5.74, 6) is 3.07. The zero-order valence-electron chi connectivity index (χ0n) is 19.7. The summed E-state index contributed by atoms with van der Waals surface area (Å²) in [4.78, 5) is 7.88. The molecule has 4 heteroatoms. The molecule has 0 radical (unpaired) electrons. The van der Waals surface area contributed by atoms with E-state index in [0.29, 0.717) is 17.9 Å². The van der Waals surface area contributed by atoms with E-state index in [9.17, 15) is 5.11 Å². The predicted molar refractivity (Wildman–Crippen MR) is 119 cm³/mol. The summed E-state index contributed by atoms with van der Waals surface area (Å²) in [6, 6.07) is 0. The Balaban J connectivity index is 1.52. The second-order valence-electron chi connectivity index (χ2n) is 12.0. The molecule has 0 saturated heterocycles. The van der Waals surface area contributed by atoms with E-state index in [1.54, 1.807) is 0 Å². The van der Waals surface area contributed by atoms with E-state index in [-0.39, 0.29) is 16.9 Å². The van der Waals surface area contributed by atoms with Crippen molar-refractivity contribution in [3.8, 4) is 0 Å². The first-order valence-corrected chi connectivity index (χ1v) is 12.1. The standard InChI is InChI=1S/C25H44N2O2/c1-23(2)20-9-7-17-18-8-10-22(28)25(18,4)13-11-19(17)24(20,3)14-12-21(23)26-29-16-15-27(5)6/h17-20,22,28H,7-16H2,1-6H3/b26-21+/t17-,18-,19-,20?,22-,24+,25-/m0/s1. The third kappa shape index (κ3) is 3.37. The van der Waals surface area contributed by atoms with E-state index in [1.807, 2.05) is 0 Å². The molecule has 0 heterocycles. The largest absolute Gasteiger partial charge is 0.394 e. The van der Waals surface area contributed by atoms with Crippen LogP contribution in [0, 0.1) is 39.9 Å². The molecule has 0 aromatic carbocycles. The smallest absolute Gasteiger partial charge is 0.129 e. The Kier molecular flexibility index (Phi) is 5.60. The Morgan fingerprint density at radius 3 is 2.41 bits per heavy atom. The van der Waals surface area contributed by atoms with Crippen molar-refractivity contribution in [1.82, 2.24) is 4.90 Å². The first-order valence-electron chi connectivity index (χ1n) is 12.1. The van der Waals surface area contributed by atoms with Crippen molar-refractivity contribution in [2.45, 2.75) is 85.2 Å². The van der Waals surface area contributed by atoms with Crippen molar-refractivity contribution in [1.29, 1.82) is 0 Å². The van der Waals surface area contributed by atoms with Crippen molar-refractivity contribution in [2.75, 3.05) is 27.2 Å². The van der Waals surface area contributed by atoms with E-state index >= 15 is 0 Å². The van der Waals surface area contributed by atoms with Gasteiger partial charge in [0.05, 0.1) is 11.8 Å². The number of oxime groups is 1. The zero-order chi connectivity index (χ0) is 21.0. The average Bonchev–Trinajstić information content (AvgIpc) is 2.95. The monoisotopic (exact) mass is 404 g/mol. The fraction of sp³-hybridized carbons (Fsp3) is 0.960. The number of aliphatic hydroxyl groups excluding tert-OH is 1. The topological polar surface area (TPSA) is 45.1 Å². The molecule has 4 fully saturated rings. The molecule has 4 aliphatic carbocycles. The van der Waals surface area contributed by atoms with Crippen LogP contribution in [-0.4, -0.2) is 49.1 Å². The molecule has 0 aliphatic heterocycles. The van der Waals surface area contributed by atoms with Crippen LogP contribution in [-0.2, 0) is 4.84 Å². The van der Waals surface area contributed by atoms with Crippen LogP contribution in [0.15, 0.2) is 5.16 Å². The minimum Gasteiger partial charge on any atom is -0.394 e. The summed E-state index contributed by atoms with van der Waals surface area (Å²) < 4.78 is 0. The SMILES string of the molecule is CN(C)CCO/N=C1\CC[C@@]2(C)C(CC[C@H]3[C@@H]4CC[C@H](O)[C@@]4(C)CC[C@@H]32)C1(C)C. The molecule has 4 rings (SSSR count). The van der Waals surface area contributed by atoms with E-state index in [0.717, 1.165) is 37.1 Å². The molecule has 0 aromatic heterocycles. The van der Waals surface area contributed by atoms with Gasteiger partial charge in [0.2, 0.25) is 0 Å². The number of hydrogen-bond donors (Lipinski definition) is 1. The number of aliphatic hydroxyl groups is 1. The van der Waals surface area contributed by atoms with Crippen LogP contribution in [0.5, 0.6) is 0 Å². The quantitative estimate of drug-likeness (QED) is 0.532. The van der Waals surface area contributed by atoms with E-state index in [1.165, 1.54) is 44.2 Å². The molecule has 4 saturated carbocycles. The summed E-state index contributed by atoms with van der Waals surface area (Å²) in [7, 11) is 4.15. The molecule has 4 nitrogen and oxygen atoms in total. The molecular weight excluding hydrogens is 360 g/mol. The molecule has 29 heavy (non-hydrogen) atoms. The van der Waals surface area contributed by atoms with E-state index in [4.69, 9.17) is 4.84 Å². The molecule has 1 N–H and O–H groups in total. The number of hydrogen-bond acceptors (Lipinski definition) is 4. The first kappa shape index (κ1) is 21.6. The molecule has 0 aromatic rings. The lowest BCUT2D eigenvalue weighted by Crippen LogP contribution is -2.58. The number of rotatable bonds is 4. The van der Waals surface area contributed by atoms with Crippen LogP contribution in [0.4, 0.5) is 0 Å². The number of nitrogens with zero attached hydrogens (tertiary/aromatic N) is 2. The van der Waals surface area contributed by atoms with E-state index in [2.05, 4.69) is 51.8 Å².